The molecule has 7 atom stereocenters. The lowest BCUT2D eigenvalue weighted by molar-refractivity contribution is -0.0342. The highest BCUT2D eigenvalue weighted by atomic mass is 16.5. The van der Waals surface area contributed by atoms with Gasteiger partial charge in [-0.25, -0.2) is 0 Å². The van der Waals surface area contributed by atoms with Crippen LogP contribution in [0.2, 0.25) is 0 Å². The minimum atomic E-state index is 0.331. The molecule has 2 N–H and O–H groups in total. The van der Waals surface area contributed by atoms with Gasteiger partial charge in [0.05, 0.1) is 6.10 Å². The molecular weight excluding hydrogens is 224 g/mol. The van der Waals surface area contributed by atoms with Gasteiger partial charge in [0.25, 0.3) is 0 Å². The molecule has 4 fully saturated rings. The number of fused-ring (bicyclic) bond motifs is 5. The van der Waals surface area contributed by atoms with E-state index in [1.807, 2.05) is 0 Å². The fraction of sp³-hybridized carbons (Fsp3) is 1.00. The van der Waals surface area contributed by atoms with E-state index < -0.39 is 0 Å². The highest BCUT2D eigenvalue weighted by Gasteiger charge is 2.48. The average molecular weight is 250 g/mol. The molecule has 0 radical (unpaired) electrons. The third-order valence-corrected chi connectivity index (χ3v) is 5.94. The molecule has 7 unspecified atom stereocenters. The summed E-state index contributed by atoms with van der Waals surface area (Å²) in [5.74, 6) is 3.82. The second-order valence-corrected chi connectivity index (χ2v) is 7.00. The molecule has 3 nitrogen and oxygen atoms in total. The zero-order valence-corrected chi connectivity index (χ0v) is 11.4. The van der Waals surface area contributed by atoms with Crippen molar-refractivity contribution >= 4 is 0 Å². The minimum absolute atomic E-state index is 0.331. The van der Waals surface area contributed by atoms with Crippen molar-refractivity contribution in [2.75, 3.05) is 13.1 Å². The van der Waals surface area contributed by atoms with Gasteiger partial charge in [-0.15, -0.1) is 0 Å². The van der Waals surface area contributed by atoms with Gasteiger partial charge >= 0.3 is 0 Å². The summed E-state index contributed by atoms with van der Waals surface area (Å²) in [7, 11) is 0. The Morgan fingerprint density at radius 2 is 1.94 bits per heavy atom. The third kappa shape index (κ3) is 1.83. The van der Waals surface area contributed by atoms with Crippen LogP contribution in [0, 0.1) is 23.7 Å². The Morgan fingerprint density at radius 3 is 2.83 bits per heavy atom. The predicted molar refractivity (Wildman–Crippen MR) is 71.2 cm³/mol. The maximum absolute atomic E-state index is 6.16. The number of nitrogens with one attached hydrogen (secondary N) is 2. The zero-order chi connectivity index (χ0) is 12.1. The SMILES string of the molecule is CCC1NC2CC3C4CNCC(C4)CC3CC2O1. The molecule has 4 rings (SSSR count). The van der Waals surface area contributed by atoms with Gasteiger partial charge in [-0.3, -0.25) is 5.32 Å². The molecule has 0 spiro atoms. The first-order chi connectivity index (χ1) is 8.83. The summed E-state index contributed by atoms with van der Waals surface area (Å²) in [6.07, 6.45) is 7.59. The number of ether oxygens (including phenoxy) is 1. The van der Waals surface area contributed by atoms with Crippen LogP contribution in [0.25, 0.3) is 0 Å². The summed E-state index contributed by atoms with van der Waals surface area (Å²) in [6.45, 7) is 4.76. The summed E-state index contributed by atoms with van der Waals surface area (Å²) in [5, 5.41) is 7.35. The Labute approximate surface area is 110 Å². The van der Waals surface area contributed by atoms with Crippen LogP contribution in [-0.4, -0.2) is 31.5 Å². The van der Waals surface area contributed by atoms with Crippen LogP contribution in [0.1, 0.15) is 39.0 Å². The van der Waals surface area contributed by atoms with Crippen molar-refractivity contribution in [2.24, 2.45) is 23.7 Å². The summed E-state index contributed by atoms with van der Waals surface area (Å²) in [5.41, 5.74) is 0. The average Bonchev–Trinajstić information content (AvgIpc) is 2.79. The highest BCUT2D eigenvalue weighted by Crippen LogP contribution is 2.48. The van der Waals surface area contributed by atoms with Crippen molar-refractivity contribution in [1.82, 2.24) is 10.6 Å². The van der Waals surface area contributed by atoms with E-state index in [0.29, 0.717) is 18.4 Å². The third-order valence-electron chi connectivity index (χ3n) is 5.94. The molecule has 2 saturated heterocycles. The first-order valence-corrected chi connectivity index (χ1v) is 7.95. The van der Waals surface area contributed by atoms with E-state index in [1.54, 1.807) is 0 Å². The molecule has 0 aromatic carbocycles. The van der Waals surface area contributed by atoms with Gasteiger partial charge in [0.1, 0.15) is 6.23 Å². The Balaban J connectivity index is 1.50. The van der Waals surface area contributed by atoms with Gasteiger partial charge in [0.15, 0.2) is 0 Å². The molecule has 0 aromatic rings. The highest BCUT2D eigenvalue weighted by molar-refractivity contribution is 5.01. The lowest BCUT2D eigenvalue weighted by Crippen LogP contribution is -2.52. The molecule has 2 bridgehead atoms. The largest absolute Gasteiger partial charge is 0.359 e. The summed E-state index contributed by atoms with van der Waals surface area (Å²) in [4.78, 5) is 0. The molecule has 2 saturated carbocycles. The fourth-order valence-electron chi connectivity index (χ4n) is 5.15. The Bertz CT molecular complexity index is 322. The fourth-order valence-corrected chi connectivity index (χ4v) is 5.15. The van der Waals surface area contributed by atoms with Crippen molar-refractivity contribution < 1.29 is 4.74 Å². The van der Waals surface area contributed by atoms with Crippen LogP contribution < -0.4 is 10.6 Å². The van der Waals surface area contributed by atoms with E-state index >= 15 is 0 Å². The van der Waals surface area contributed by atoms with Crippen LogP contribution >= 0.6 is 0 Å². The first-order valence-electron chi connectivity index (χ1n) is 7.95. The quantitative estimate of drug-likeness (QED) is 0.743. The summed E-state index contributed by atoms with van der Waals surface area (Å²) >= 11 is 0. The van der Waals surface area contributed by atoms with E-state index in [-0.39, 0.29) is 0 Å². The van der Waals surface area contributed by atoms with E-state index in [4.69, 9.17) is 4.74 Å². The van der Waals surface area contributed by atoms with Gasteiger partial charge in [-0.05, 0) is 68.9 Å². The van der Waals surface area contributed by atoms with Crippen molar-refractivity contribution in [1.29, 1.82) is 0 Å². The normalized spacial score (nSPS) is 54.8. The van der Waals surface area contributed by atoms with Crippen molar-refractivity contribution in [3.05, 3.63) is 0 Å². The van der Waals surface area contributed by atoms with Crippen LogP contribution in [-0.2, 0) is 4.74 Å². The van der Waals surface area contributed by atoms with Gasteiger partial charge in [0.2, 0.25) is 0 Å². The molecule has 2 heterocycles. The maximum Gasteiger partial charge on any atom is 0.108 e. The van der Waals surface area contributed by atoms with E-state index in [1.165, 1.54) is 38.8 Å². The van der Waals surface area contributed by atoms with Crippen LogP contribution in [0.4, 0.5) is 0 Å². The van der Waals surface area contributed by atoms with E-state index in [2.05, 4.69) is 17.6 Å². The van der Waals surface area contributed by atoms with Crippen LogP contribution in [0.5, 0.6) is 0 Å². The second kappa shape index (κ2) is 4.46. The van der Waals surface area contributed by atoms with Crippen molar-refractivity contribution in [2.45, 2.75) is 57.4 Å². The van der Waals surface area contributed by atoms with E-state index in [9.17, 15) is 0 Å². The molecule has 2 aliphatic carbocycles. The van der Waals surface area contributed by atoms with E-state index in [0.717, 1.165) is 30.1 Å². The molecular formula is C15H26N2O. The smallest absolute Gasteiger partial charge is 0.108 e. The van der Waals surface area contributed by atoms with Gasteiger partial charge in [-0.1, -0.05) is 6.92 Å². The molecule has 18 heavy (non-hydrogen) atoms. The number of hydrogen-bond donors (Lipinski definition) is 2. The predicted octanol–water partition coefficient (Wildman–Crippen LogP) is 1.74. The molecule has 102 valence electrons. The number of hydrogen-bond acceptors (Lipinski definition) is 3. The molecule has 3 heteroatoms. The van der Waals surface area contributed by atoms with Gasteiger partial charge < -0.3 is 10.1 Å². The molecule has 0 aromatic heterocycles. The lowest BCUT2D eigenvalue weighted by atomic mass is 9.60. The van der Waals surface area contributed by atoms with Crippen LogP contribution in [0.15, 0.2) is 0 Å². The van der Waals surface area contributed by atoms with Crippen molar-refractivity contribution in [3.63, 3.8) is 0 Å². The maximum atomic E-state index is 6.16. The number of piperidine rings is 1. The second-order valence-electron chi connectivity index (χ2n) is 7.00. The Kier molecular flexibility index (Phi) is 2.90. The Morgan fingerprint density at radius 1 is 1.06 bits per heavy atom. The summed E-state index contributed by atoms with van der Waals surface area (Å²) in [6, 6.07) is 0.648. The zero-order valence-electron chi connectivity index (χ0n) is 11.4. The lowest BCUT2D eigenvalue weighted by Gasteiger charge is -2.50. The summed E-state index contributed by atoms with van der Waals surface area (Å²) < 4.78 is 6.16. The van der Waals surface area contributed by atoms with Crippen LogP contribution in [0.3, 0.4) is 0 Å². The standard InChI is InChI=1S/C15H26N2O/c1-2-15-17-13-6-12-10(5-14(13)18-15)3-9-4-11(12)8-16-7-9/h9-17H,2-8H2,1H3. The molecule has 0 amide bonds. The number of rotatable bonds is 1. The minimum Gasteiger partial charge on any atom is -0.359 e. The Hall–Kier alpha value is -0.120. The van der Waals surface area contributed by atoms with Crippen molar-refractivity contribution in [3.8, 4) is 0 Å². The van der Waals surface area contributed by atoms with Gasteiger partial charge in [0, 0.05) is 6.04 Å². The molecule has 4 aliphatic rings. The monoisotopic (exact) mass is 250 g/mol. The molecule has 2 aliphatic heterocycles. The van der Waals surface area contributed by atoms with Gasteiger partial charge in [-0.2, -0.15) is 0 Å². The topological polar surface area (TPSA) is 33.3 Å². The first kappa shape index (κ1) is 11.7.